The van der Waals surface area contributed by atoms with Gasteiger partial charge in [-0.25, -0.2) is 13.9 Å². The van der Waals surface area contributed by atoms with Crippen molar-refractivity contribution in [3.05, 3.63) is 89.5 Å². The van der Waals surface area contributed by atoms with Crippen molar-refractivity contribution in [2.45, 2.75) is 31.6 Å². The lowest BCUT2D eigenvalue weighted by molar-refractivity contribution is 0.0233. The van der Waals surface area contributed by atoms with Crippen LogP contribution < -0.4 is 20.4 Å². The minimum absolute atomic E-state index is 0.0329. The van der Waals surface area contributed by atoms with Crippen molar-refractivity contribution in [3.8, 4) is 5.75 Å². The van der Waals surface area contributed by atoms with Crippen molar-refractivity contribution in [3.63, 3.8) is 0 Å². The van der Waals surface area contributed by atoms with E-state index >= 15 is 0 Å². The number of carbonyl (C=O) groups excluding carboxylic acids is 1. The summed E-state index contributed by atoms with van der Waals surface area (Å²) in [5, 5.41) is 23.9. The third kappa shape index (κ3) is 8.42. The average molecular weight is 555 g/mol. The lowest BCUT2D eigenvalue weighted by Gasteiger charge is -2.34. The molecule has 1 aliphatic rings. The third-order valence-electron chi connectivity index (χ3n) is 6.54. The molecule has 1 amide bonds. The van der Waals surface area contributed by atoms with Gasteiger partial charge in [0.15, 0.2) is 0 Å². The first kappa shape index (κ1) is 28.4. The average Bonchev–Trinajstić information content (AvgIpc) is 2.93. The van der Waals surface area contributed by atoms with Crippen LogP contribution in [0.1, 0.15) is 40.4 Å². The van der Waals surface area contributed by atoms with E-state index in [-0.39, 0.29) is 23.4 Å². The van der Waals surface area contributed by atoms with E-state index < -0.39 is 16.1 Å². The molecule has 0 spiro atoms. The van der Waals surface area contributed by atoms with E-state index in [2.05, 4.69) is 20.4 Å². The van der Waals surface area contributed by atoms with Crippen LogP contribution in [0.25, 0.3) is 0 Å². The number of rotatable bonds is 11. The topological polar surface area (TPSA) is 140 Å². The molecule has 3 aromatic rings. The van der Waals surface area contributed by atoms with E-state index in [0.29, 0.717) is 24.3 Å². The highest BCUT2D eigenvalue weighted by molar-refractivity contribution is 7.92. The number of amides is 1. The number of hydrogen-bond acceptors (Lipinski definition) is 8. The van der Waals surface area contributed by atoms with Gasteiger partial charge in [0.05, 0.1) is 24.7 Å². The molecular formula is C28H34N4O6S. The monoisotopic (exact) mass is 554 g/mol. The molecule has 39 heavy (non-hydrogen) atoms. The molecule has 1 aliphatic heterocycles. The summed E-state index contributed by atoms with van der Waals surface area (Å²) in [5.41, 5.74) is 5.53. The molecule has 1 fully saturated rings. The van der Waals surface area contributed by atoms with Gasteiger partial charge in [-0.1, -0.05) is 36.4 Å². The van der Waals surface area contributed by atoms with Gasteiger partial charge in [0.1, 0.15) is 5.75 Å². The van der Waals surface area contributed by atoms with Gasteiger partial charge in [-0.05, 0) is 60.4 Å². The predicted molar refractivity (Wildman–Crippen MR) is 150 cm³/mol. The Morgan fingerprint density at radius 3 is 2.41 bits per heavy atom. The van der Waals surface area contributed by atoms with Crippen LogP contribution in [0.3, 0.4) is 0 Å². The number of aliphatic hydroxyl groups excluding tert-OH is 1. The first-order valence-electron chi connectivity index (χ1n) is 12.7. The molecule has 1 heterocycles. The number of carbonyl (C=O) groups is 1. The van der Waals surface area contributed by atoms with Crippen molar-refractivity contribution in [1.82, 2.24) is 10.8 Å². The van der Waals surface area contributed by atoms with Crippen LogP contribution in [0.5, 0.6) is 5.75 Å². The summed E-state index contributed by atoms with van der Waals surface area (Å²) < 4.78 is 25.3. The Hall–Kier alpha value is -3.64. The van der Waals surface area contributed by atoms with Gasteiger partial charge in [-0.15, -0.1) is 0 Å². The lowest BCUT2D eigenvalue weighted by atomic mass is 10.0. The van der Waals surface area contributed by atoms with Crippen molar-refractivity contribution < 1.29 is 28.3 Å². The Bertz CT molecular complexity index is 1340. The number of hydrogen-bond donors (Lipinski definition) is 5. The van der Waals surface area contributed by atoms with Crippen molar-refractivity contribution in [1.29, 1.82) is 0 Å². The second-order valence-electron chi connectivity index (χ2n) is 9.59. The Kier molecular flexibility index (Phi) is 9.41. The van der Waals surface area contributed by atoms with Gasteiger partial charge in [0.25, 0.3) is 5.91 Å². The van der Waals surface area contributed by atoms with E-state index in [4.69, 9.17) is 4.84 Å². The minimum Gasteiger partial charge on any atom is -0.506 e. The van der Waals surface area contributed by atoms with E-state index in [1.807, 2.05) is 42.5 Å². The molecule has 208 valence electrons. The minimum atomic E-state index is -3.56. The molecule has 3 aromatic carbocycles. The molecule has 0 bridgehead atoms. The molecule has 1 atom stereocenters. The first-order valence-corrected chi connectivity index (χ1v) is 14.6. The molecule has 0 aromatic heterocycles. The Balaban J connectivity index is 1.21. The van der Waals surface area contributed by atoms with Gasteiger partial charge < -0.3 is 20.4 Å². The second kappa shape index (κ2) is 12.9. The van der Waals surface area contributed by atoms with Crippen LogP contribution in [0.15, 0.2) is 72.8 Å². The molecular weight excluding hydrogens is 520 g/mol. The maximum absolute atomic E-state index is 12.4. The summed E-state index contributed by atoms with van der Waals surface area (Å²) in [6.07, 6.45) is 1.88. The third-order valence-corrected chi connectivity index (χ3v) is 7.13. The zero-order valence-corrected chi connectivity index (χ0v) is 22.5. The smallest absolute Gasteiger partial charge is 0.274 e. The van der Waals surface area contributed by atoms with Crippen LogP contribution in [0.4, 0.5) is 11.4 Å². The maximum Gasteiger partial charge on any atom is 0.274 e. The van der Waals surface area contributed by atoms with E-state index in [0.717, 1.165) is 43.4 Å². The summed E-state index contributed by atoms with van der Waals surface area (Å²) >= 11 is 0. The second-order valence-corrected chi connectivity index (χ2v) is 11.3. The number of nitrogens with one attached hydrogen (secondary N) is 3. The summed E-state index contributed by atoms with van der Waals surface area (Å²) in [4.78, 5) is 19.9. The van der Waals surface area contributed by atoms with Crippen LogP contribution in [-0.4, -0.2) is 56.5 Å². The van der Waals surface area contributed by atoms with Crippen LogP contribution in [0.2, 0.25) is 0 Å². The van der Waals surface area contributed by atoms with Gasteiger partial charge >= 0.3 is 0 Å². The van der Waals surface area contributed by atoms with Gasteiger partial charge in [0, 0.05) is 36.9 Å². The summed E-state index contributed by atoms with van der Waals surface area (Å²) in [6, 6.07) is 21.6. The highest BCUT2D eigenvalue weighted by Crippen LogP contribution is 2.28. The quantitative estimate of drug-likeness (QED) is 0.180. The van der Waals surface area contributed by atoms with Crippen LogP contribution in [0, 0.1) is 0 Å². The molecule has 0 saturated carbocycles. The number of phenolic OH excluding ortho intramolecular Hbond substituents is 1. The standard InChI is InChI=1S/C28H34N4O6S/c1-39(36,37)31-25-17-22(9-12-26(25)33)27(34)18-29-23-13-15-32(16-14-23)24-10-7-21(8-11-24)28(35)30-38-19-20-5-3-2-4-6-20/h2-12,17,23,27,29,31,33-34H,13-16,18-19H2,1H3,(H,30,35)/t27-/m0/s1. The van der Waals surface area contributed by atoms with Crippen LogP contribution in [-0.2, 0) is 21.5 Å². The normalized spacial score (nSPS) is 15.1. The molecule has 11 heteroatoms. The molecule has 10 nitrogen and oxygen atoms in total. The van der Waals surface area contributed by atoms with Crippen molar-refractivity contribution >= 4 is 27.3 Å². The summed E-state index contributed by atoms with van der Waals surface area (Å²) in [7, 11) is -3.56. The maximum atomic E-state index is 12.4. The van der Waals surface area contributed by atoms with E-state index in [1.54, 1.807) is 18.2 Å². The fourth-order valence-corrected chi connectivity index (χ4v) is 4.99. The van der Waals surface area contributed by atoms with Crippen LogP contribution >= 0.6 is 0 Å². The molecule has 1 saturated heterocycles. The predicted octanol–water partition coefficient (Wildman–Crippen LogP) is 2.92. The number of hydroxylamine groups is 1. The fraction of sp³-hybridized carbons (Fsp3) is 0.321. The Morgan fingerprint density at radius 2 is 1.74 bits per heavy atom. The molecule has 5 N–H and O–H groups in total. The zero-order valence-electron chi connectivity index (χ0n) is 21.7. The fourth-order valence-electron chi connectivity index (χ4n) is 4.42. The molecule has 4 rings (SSSR count). The highest BCUT2D eigenvalue weighted by atomic mass is 32.2. The Labute approximate surface area is 228 Å². The molecule has 0 aliphatic carbocycles. The number of sulfonamides is 1. The van der Waals surface area contributed by atoms with Gasteiger partial charge in [0.2, 0.25) is 10.0 Å². The van der Waals surface area contributed by atoms with Crippen molar-refractivity contribution in [2.75, 3.05) is 35.5 Å². The highest BCUT2D eigenvalue weighted by Gasteiger charge is 2.21. The summed E-state index contributed by atoms with van der Waals surface area (Å²) in [5.74, 6) is -0.506. The van der Waals surface area contributed by atoms with Gasteiger partial charge in [-0.2, -0.15) is 0 Å². The number of phenols is 1. The van der Waals surface area contributed by atoms with Crippen molar-refractivity contribution in [2.24, 2.45) is 0 Å². The molecule has 0 unspecified atom stereocenters. The number of piperidine rings is 1. The molecule has 0 radical (unpaired) electrons. The number of nitrogens with zero attached hydrogens (tertiary/aromatic N) is 1. The first-order chi connectivity index (χ1) is 18.7. The largest absolute Gasteiger partial charge is 0.506 e. The number of aromatic hydroxyl groups is 1. The number of anilines is 2. The van der Waals surface area contributed by atoms with E-state index in [9.17, 15) is 23.4 Å². The SMILES string of the molecule is CS(=O)(=O)Nc1cc([C@@H](O)CNC2CCN(c3ccc(C(=O)NOCc4ccccc4)cc3)CC2)ccc1O. The summed E-state index contributed by atoms with van der Waals surface area (Å²) in [6.45, 7) is 2.23. The Morgan fingerprint density at radius 1 is 1.05 bits per heavy atom. The van der Waals surface area contributed by atoms with E-state index in [1.165, 1.54) is 12.1 Å². The zero-order chi connectivity index (χ0) is 27.8. The number of benzene rings is 3. The lowest BCUT2D eigenvalue weighted by Crippen LogP contribution is -2.43. The number of aliphatic hydroxyl groups is 1. The van der Waals surface area contributed by atoms with Gasteiger partial charge in [-0.3, -0.25) is 14.4 Å².